The maximum Gasteiger partial charge on any atom is 0.319 e. The lowest BCUT2D eigenvalue weighted by Crippen LogP contribution is -2.31. The molecular weight excluding hydrogens is 307 g/mol. The number of hydrogen-bond acceptors (Lipinski definition) is 1. The maximum absolute atomic E-state index is 11.6. The molecule has 2 N–H and O–H groups in total. The molecule has 2 amide bonds. The molecule has 108 valence electrons. The van der Waals surface area contributed by atoms with Crippen molar-refractivity contribution in [1.29, 1.82) is 0 Å². The monoisotopic (exact) mass is 320 g/mol. The summed E-state index contributed by atoms with van der Waals surface area (Å²) in [6.45, 7) is 0.375. The average molecular weight is 321 g/mol. The quantitative estimate of drug-likeness (QED) is 0.857. The summed E-state index contributed by atoms with van der Waals surface area (Å²) in [5, 5.41) is 6.67. The summed E-state index contributed by atoms with van der Waals surface area (Å²) in [6, 6.07) is 14.4. The van der Waals surface area contributed by atoms with Crippen LogP contribution in [-0.2, 0) is 6.54 Å². The zero-order chi connectivity index (χ0) is 15.1. The van der Waals surface area contributed by atoms with Gasteiger partial charge in [0.2, 0.25) is 0 Å². The minimum Gasteiger partial charge on any atom is -0.334 e. The van der Waals surface area contributed by atoms with Gasteiger partial charge in [0.15, 0.2) is 0 Å². The highest BCUT2D eigenvalue weighted by atomic mass is 35.5. The van der Waals surface area contributed by atoms with Crippen molar-refractivity contribution in [3.63, 3.8) is 0 Å². The molecule has 0 heterocycles. The van der Waals surface area contributed by atoms with Crippen molar-refractivity contribution in [2.45, 2.75) is 6.54 Å². The average Bonchev–Trinajstić information content (AvgIpc) is 2.48. The number of rotatable bonds is 4. The number of carbonyl (C=O) groups excluding carboxylic acids is 1. The molecule has 0 aliphatic carbocycles. The Bertz CT molecular complexity index is 639. The maximum atomic E-state index is 11.6. The lowest BCUT2D eigenvalue weighted by Gasteiger charge is -2.06. The van der Waals surface area contributed by atoms with Crippen molar-refractivity contribution in [2.75, 3.05) is 0 Å². The van der Waals surface area contributed by atoms with Crippen LogP contribution in [0.1, 0.15) is 11.1 Å². The second kappa shape index (κ2) is 7.72. The van der Waals surface area contributed by atoms with Gasteiger partial charge in [0.05, 0.1) is 0 Å². The van der Waals surface area contributed by atoms with Crippen LogP contribution in [0, 0.1) is 0 Å². The van der Waals surface area contributed by atoms with E-state index in [1.807, 2.05) is 30.3 Å². The largest absolute Gasteiger partial charge is 0.334 e. The molecule has 0 fully saturated rings. The van der Waals surface area contributed by atoms with Crippen LogP contribution >= 0.6 is 23.2 Å². The minimum absolute atomic E-state index is 0.292. The van der Waals surface area contributed by atoms with E-state index in [0.717, 1.165) is 11.1 Å². The summed E-state index contributed by atoms with van der Waals surface area (Å²) in [7, 11) is 0. The van der Waals surface area contributed by atoms with E-state index in [1.54, 1.807) is 30.5 Å². The molecule has 0 aliphatic heterocycles. The van der Waals surface area contributed by atoms with Gasteiger partial charge in [0.1, 0.15) is 0 Å². The summed E-state index contributed by atoms with van der Waals surface area (Å²) in [5.74, 6) is 0. The van der Waals surface area contributed by atoms with Crippen LogP contribution in [0.5, 0.6) is 0 Å². The van der Waals surface area contributed by atoms with E-state index in [4.69, 9.17) is 23.2 Å². The van der Waals surface area contributed by atoms with Gasteiger partial charge in [0, 0.05) is 22.8 Å². The topological polar surface area (TPSA) is 41.1 Å². The minimum atomic E-state index is -0.292. The Labute approximate surface area is 133 Å². The van der Waals surface area contributed by atoms with Crippen LogP contribution in [0.15, 0.2) is 54.7 Å². The van der Waals surface area contributed by atoms with E-state index in [-0.39, 0.29) is 6.03 Å². The highest BCUT2D eigenvalue weighted by molar-refractivity contribution is 6.31. The Morgan fingerprint density at radius 2 is 1.76 bits per heavy atom. The summed E-state index contributed by atoms with van der Waals surface area (Å²) in [5.41, 5.74) is 1.82. The molecule has 0 spiro atoms. The first-order chi connectivity index (χ1) is 10.1. The molecular formula is C16H14Cl2N2O. The van der Waals surface area contributed by atoms with E-state index in [0.29, 0.717) is 16.6 Å². The summed E-state index contributed by atoms with van der Waals surface area (Å²) >= 11 is 11.8. The second-order valence-electron chi connectivity index (χ2n) is 4.30. The molecule has 0 aliphatic rings. The third-order valence-electron chi connectivity index (χ3n) is 2.76. The SMILES string of the molecule is O=C(N/C=C/c1ccc(Cl)cc1)NCc1ccccc1Cl. The predicted octanol–water partition coefficient (Wildman–Crippen LogP) is 4.46. The number of carbonyl (C=O) groups is 1. The number of halogens is 2. The summed E-state index contributed by atoms with van der Waals surface area (Å²) in [6.07, 6.45) is 3.36. The molecule has 0 saturated heterocycles. The Morgan fingerprint density at radius 3 is 2.48 bits per heavy atom. The Morgan fingerprint density at radius 1 is 1.05 bits per heavy atom. The number of nitrogens with one attached hydrogen (secondary N) is 2. The first-order valence-electron chi connectivity index (χ1n) is 6.35. The fourth-order valence-electron chi connectivity index (χ4n) is 1.66. The van der Waals surface area contributed by atoms with E-state index >= 15 is 0 Å². The summed E-state index contributed by atoms with van der Waals surface area (Å²) < 4.78 is 0. The van der Waals surface area contributed by atoms with Gasteiger partial charge in [-0.25, -0.2) is 4.79 Å². The van der Waals surface area contributed by atoms with Crippen LogP contribution in [0.3, 0.4) is 0 Å². The first kappa shape index (κ1) is 15.4. The molecule has 0 radical (unpaired) electrons. The second-order valence-corrected chi connectivity index (χ2v) is 5.15. The van der Waals surface area contributed by atoms with E-state index < -0.39 is 0 Å². The number of hydrogen-bond donors (Lipinski definition) is 2. The van der Waals surface area contributed by atoms with Gasteiger partial charge in [-0.05, 0) is 35.4 Å². The molecule has 0 bridgehead atoms. The molecule has 2 rings (SSSR count). The van der Waals surface area contributed by atoms with Gasteiger partial charge >= 0.3 is 6.03 Å². The summed E-state index contributed by atoms with van der Waals surface area (Å²) in [4.78, 5) is 11.6. The normalized spacial score (nSPS) is 10.6. The molecule has 3 nitrogen and oxygen atoms in total. The van der Waals surface area contributed by atoms with Crippen LogP contribution in [0.4, 0.5) is 4.79 Å². The highest BCUT2D eigenvalue weighted by Crippen LogP contribution is 2.14. The standard InChI is InChI=1S/C16H14Cl2N2O/c17-14-7-5-12(6-8-14)9-10-19-16(21)20-11-13-3-1-2-4-15(13)18/h1-10H,11H2,(H2,19,20,21)/b10-9+. The number of urea groups is 1. The third-order valence-corrected chi connectivity index (χ3v) is 3.38. The lowest BCUT2D eigenvalue weighted by molar-refractivity contribution is 0.244. The van der Waals surface area contributed by atoms with Gasteiger partial charge in [0.25, 0.3) is 0 Å². The van der Waals surface area contributed by atoms with Crippen molar-refractivity contribution in [1.82, 2.24) is 10.6 Å². The lowest BCUT2D eigenvalue weighted by atomic mass is 10.2. The fourth-order valence-corrected chi connectivity index (χ4v) is 1.98. The number of amides is 2. The highest BCUT2D eigenvalue weighted by Gasteiger charge is 2.01. The smallest absolute Gasteiger partial charge is 0.319 e. The Hall–Kier alpha value is -1.97. The van der Waals surface area contributed by atoms with Gasteiger partial charge in [-0.2, -0.15) is 0 Å². The van der Waals surface area contributed by atoms with E-state index in [2.05, 4.69) is 10.6 Å². The molecule has 2 aromatic carbocycles. The predicted molar refractivity (Wildman–Crippen MR) is 87.3 cm³/mol. The Kier molecular flexibility index (Phi) is 5.67. The molecule has 2 aromatic rings. The molecule has 21 heavy (non-hydrogen) atoms. The first-order valence-corrected chi connectivity index (χ1v) is 7.10. The van der Waals surface area contributed by atoms with Crippen molar-refractivity contribution in [3.05, 3.63) is 75.9 Å². The van der Waals surface area contributed by atoms with Crippen molar-refractivity contribution in [2.24, 2.45) is 0 Å². The van der Waals surface area contributed by atoms with Crippen molar-refractivity contribution >= 4 is 35.3 Å². The zero-order valence-corrected chi connectivity index (χ0v) is 12.7. The zero-order valence-electron chi connectivity index (χ0n) is 11.1. The molecule has 0 saturated carbocycles. The van der Waals surface area contributed by atoms with E-state index in [9.17, 15) is 4.79 Å². The Balaban J connectivity index is 1.80. The van der Waals surface area contributed by atoms with Crippen LogP contribution in [0.25, 0.3) is 6.08 Å². The van der Waals surface area contributed by atoms with Gasteiger partial charge in [-0.15, -0.1) is 0 Å². The molecule has 0 atom stereocenters. The fraction of sp³-hybridized carbons (Fsp3) is 0.0625. The van der Waals surface area contributed by atoms with E-state index in [1.165, 1.54) is 0 Å². The van der Waals surface area contributed by atoms with Crippen LogP contribution in [0.2, 0.25) is 10.0 Å². The number of benzene rings is 2. The van der Waals surface area contributed by atoms with Crippen LogP contribution < -0.4 is 10.6 Å². The molecule has 0 unspecified atom stereocenters. The van der Waals surface area contributed by atoms with Crippen LogP contribution in [-0.4, -0.2) is 6.03 Å². The molecule has 0 aromatic heterocycles. The van der Waals surface area contributed by atoms with Crippen molar-refractivity contribution in [3.8, 4) is 0 Å². The van der Waals surface area contributed by atoms with Crippen molar-refractivity contribution < 1.29 is 4.79 Å². The molecule has 5 heteroatoms. The van der Waals surface area contributed by atoms with Gasteiger partial charge < -0.3 is 10.6 Å². The van der Waals surface area contributed by atoms with Gasteiger partial charge in [-0.3, -0.25) is 0 Å². The third kappa shape index (κ3) is 5.14. The van der Waals surface area contributed by atoms with Gasteiger partial charge in [-0.1, -0.05) is 53.5 Å².